The first-order valence-electron chi connectivity index (χ1n) is 7.72. The van der Waals surface area contributed by atoms with Crippen LogP contribution >= 0.6 is 0 Å². The molecule has 0 bridgehead atoms. The lowest BCUT2D eigenvalue weighted by atomic mass is 10.1. The van der Waals surface area contributed by atoms with Crippen LogP contribution in [0.4, 0.5) is 5.69 Å². The summed E-state index contributed by atoms with van der Waals surface area (Å²) in [7, 11) is 0. The average molecular weight is 305 g/mol. The van der Waals surface area contributed by atoms with Crippen LogP contribution in [0.3, 0.4) is 0 Å². The fourth-order valence-corrected chi connectivity index (χ4v) is 2.29. The second kappa shape index (κ2) is 8.51. The first-order chi connectivity index (χ1) is 10.7. The highest BCUT2D eigenvalue weighted by Gasteiger charge is 2.23. The third kappa shape index (κ3) is 4.82. The average Bonchev–Trinajstić information content (AvgIpc) is 3.06. The molecule has 3 N–H and O–H groups in total. The Bertz CT molecular complexity index is 513. The minimum absolute atomic E-state index is 0.147. The van der Waals surface area contributed by atoms with E-state index in [4.69, 9.17) is 4.74 Å². The number of amides is 2. The second-order valence-corrected chi connectivity index (χ2v) is 5.18. The maximum Gasteiger partial charge on any atom is 0.253 e. The molecule has 1 heterocycles. The van der Waals surface area contributed by atoms with Crippen molar-refractivity contribution in [1.29, 1.82) is 0 Å². The molecule has 120 valence electrons. The summed E-state index contributed by atoms with van der Waals surface area (Å²) in [6.45, 7) is 4.83. The van der Waals surface area contributed by atoms with Crippen molar-refractivity contribution in [1.82, 2.24) is 10.6 Å². The molecule has 1 saturated heterocycles. The first-order valence-corrected chi connectivity index (χ1v) is 7.72. The van der Waals surface area contributed by atoms with E-state index in [0.717, 1.165) is 25.9 Å². The highest BCUT2D eigenvalue weighted by molar-refractivity contribution is 5.98. The van der Waals surface area contributed by atoms with Gasteiger partial charge in [0.1, 0.15) is 6.10 Å². The van der Waals surface area contributed by atoms with Crippen LogP contribution in [0.1, 0.15) is 30.1 Å². The van der Waals surface area contributed by atoms with Gasteiger partial charge in [-0.05, 0) is 37.6 Å². The van der Waals surface area contributed by atoms with Gasteiger partial charge in [0.05, 0.1) is 0 Å². The Morgan fingerprint density at radius 1 is 1.32 bits per heavy atom. The predicted molar refractivity (Wildman–Crippen MR) is 84.9 cm³/mol. The van der Waals surface area contributed by atoms with Crippen LogP contribution in [0.5, 0.6) is 0 Å². The molecule has 0 aromatic heterocycles. The van der Waals surface area contributed by atoms with Crippen molar-refractivity contribution in [3.8, 4) is 0 Å². The molecule has 0 spiro atoms. The third-order valence-corrected chi connectivity index (χ3v) is 3.45. The number of hydrogen-bond acceptors (Lipinski definition) is 4. The summed E-state index contributed by atoms with van der Waals surface area (Å²) in [5.74, 6) is -0.298. The Morgan fingerprint density at radius 2 is 2.18 bits per heavy atom. The largest absolute Gasteiger partial charge is 0.368 e. The standard InChI is InChI=1S/C16H23N3O3/c1-2-17-8-9-18-15(20)12-5-3-6-13(11-12)19-16(21)14-7-4-10-22-14/h3,5-6,11,14,17H,2,4,7-10H2,1H3,(H,18,20)(H,19,21). The van der Waals surface area contributed by atoms with Crippen molar-refractivity contribution in [3.05, 3.63) is 29.8 Å². The summed E-state index contributed by atoms with van der Waals surface area (Å²) in [6.07, 6.45) is 1.28. The van der Waals surface area contributed by atoms with Crippen LogP contribution in [0.15, 0.2) is 24.3 Å². The number of hydrogen-bond donors (Lipinski definition) is 3. The smallest absolute Gasteiger partial charge is 0.253 e. The van der Waals surface area contributed by atoms with Crippen molar-refractivity contribution in [2.75, 3.05) is 31.6 Å². The Balaban J connectivity index is 1.88. The topological polar surface area (TPSA) is 79.5 Å². The molecular formula is C16H23N3O3. The van der Waals surface area contributed by atoms with Crippen molar-refractivity contribution < 1.29 is 14.3 Å². The molecule has 1 aromatic rings. The molecule has 1 aliphatic heterocycles. The lowest BCUT2D eigenvalue weighted by Gasteiger charge is -2.11. The zero-order valence-corrected chi connectivity index (χ0v) is 12.9. The molecule has 2 amide bonds. The number of anilines is 1. The first kappa shape index (κ1) is 16.5. The van der Waals surface area contributed by atoms with Gasteiger partial charge in [-0.3, -0.25) is 9.59 Å². The summed E-state index contributed by atoms with van der Waals surface area (Å²) >= 11 is 0. The molecular weight excluding hydrogens is 282 g/mol. The van der Waals surface area contributed by atoms with E-state index in [0.29, 0.717) is 24.4 Å². The van der Waals surface area contributed by atoms with E-state index in [1.165, 1.54) is 0 Å². The quantitative estimate of drug-likeness (QED) is 0.660. The molecule has 1 fully saturated rings. The van der Waals surface area contributed by atoms with Crippen LogP contribution in [0.2, 0.25) is 0 Å². The Kier molecular flexibility index (Phi) is 6.36. The normalized spacial score (nSPS) is 17.2. The third-order valence-electron chi connectivity index (χ3n) is 3.45. The molecule has 2 rings (SSSR count). The number of carbonyl (C=O) groups excluding carboxylic acids is 2. The maximum absolute atomic E-state index is 12.0. The number of carbonyl (C=O) groups is 2. The highest BCUT2D eigenvalue weighted by atomic mass is 16.5. The van der Waals surface area contributed by atoms with E-state index in [9.17, 15) is 9.59 Å². The van der Waals surface area contributed by atoms with Crippen molar-refractivity contribution in [2.24, 2.45) is 0 Å². The number of likely N-dealkylation sites (N-methyl/N-ethyl adjacent to an activating group) is 1. The molecule has 1 atom stereocenters. The molecule has 6 heteroatoms. The van der Waals surface area contributed by atoms with E-state index < -0.39 is 0 Å². The molecule has 1 unspecified atom stereocenters. The zero-order valence-electron chi connectivity index (χ0n) is 12.9. The molecule has 0 saturated carbocycles. The van der Waals surface area contributed by atoms with Gasteiger partial charge >= 0.3 is 0 Å². The fourth-order valence-electron chi connectivity index (χ4n) is 2.29. The highest BCUT2D eigenvalue weighted by Crippen LogP contribution is 2.16. The van der Waals surface area contributed by atoms with Gasteiger partial charge in [0, 0.05) is 30.9 Å². The molecule has 6 nitrogen and oxygen atoms in total. The van der Waals surface area contributed by atoms with E-state index >= 15 is 0 Å². The SMILES string of the molecule is CCNCCNC(=O)c1cccc(NC(=O)C2CCCO2)c1. The van der Waals surface area contributed by atoms with Crippen LogP contribution in [-0.4, -0.2) is 44.2 Å². The molecule has 0 radical (unpaired) electrons. The minimum Gasteiger partial charge on any atom is -0.368 e. The Hall–Kier alpha value is -1.92. The molecule has 22 heavy (non-hydrogen) atoms. The fraction of sp³-hybridized carbons (Fsp3) is 0.500. The number of rotatable bonds is 7. The molecule has 1 aliphatic rings. The summed E-state index contributed by atoms with van der Waals surface area (Å²) < 4.78 is 5.34. The van der Waals surface area contributed by atoms with Gasteiger partial charge in [-0.15, -0.1) is 0 Å². The minimum atomic E-state index is -0.377. The van der Waals surface area contributed by atoms with Gasteiger partial charge in [-0.2, -0.15) is 0 Å². The van der Waals surface area contributed by atoms with Crippen molar-refractivity contribution >= 4 is 17.5 Å². The summed E-state index contributed by atoms with van der Waals surface area (Å²) in [6, 6.07) is 6.92. The number of benzene rings is 1. The van der Waals surface area contributed by atoms with Gasteiger partial charge in [0.15, 0.2) is 0 Å². The van der Waals surface area contributed by atoms with Gasteiger partial charge < -0.3 is 20.7 Å². The van der Waals surface area contributed by atoms with Crippen LogP contribution < -0.4 is 16.0 Å². The maximum atomic E-state index is 12.0. The van der Waals surface area contributed by atoms with Crippen molar-refractivity contribution in [3.63, 3.8) is 0 Å². The molecule has 0 aliphatic carbocycles. The van der Waals surface area contributed by atoms with Crippen LogP contribution in [0, 0.1) is 0 Å². The lowest BCUT2D eigenvalue weighted by Crippen LogP contribution is -2.31. The summed E-state index contributed by atoms with van der Waals surface area (Å²) in [5.41, 5.74) is 1.14. The van der Waals surface area contributed by atoms with Crippen LogP contribution in [0.25, 0.3) is 0 Å². The number of ether oxygens (including phenoxy) is 1. The number of nitrogens with one attached hydrogen (secondary N) is 3. The second-order valence-electron chi connectivity index (χ2n) is 5.18. The van der Waals surface area contributed by atoms with Gasteiger partial charge in [-0.1, -0.05) is 13.0 Å². The summed E-state index contributed by atoms with van der Waals surface area (Å²) in [4.78, 5) is 24.0. The van der Waals surface area contributed by atoms with Gasteiger partial charge in [0.2, 0.25) is 0 Å². The van der Waals surface area contributed by atoms with E-state index in [1.807, 2.05) is 6.92 Å². The zero-order chi connectivity index (χ0) is 15.8. The van der Waals surface area contributed by atoms with E-state index in [-0.39, 0.29) is 17.9 Å². The van der Waals surface area contributed by atoms with E-state index in [1.54, 1.807) is 24.3 Å². The Morgan fingerprint density at radius 3 is 2.91 bits per heavy atom. The van der Waals surface area contributed by atoms with Gasteiger partial charge in [-0.25, -0.2) is 0 Å². The van der Waals surface area contributed by atoms with E-state index in [2.05, 4.69) is 16.0 Å². The predicted octanol–water partition coefficient (Wildman–Crippen LogP) is 1.14. The van der Waals surface area contributed by atoms with Gasteiger partial charge in [0.25, 0.3) is 11.8 Å². The van der Waals surface area contributed by atoms with Crippen molar-refractivity contribution in [2.45, 2.75) is 25.9 Å². The molecule has 1 aromatic carbocycles. The van der Waals surface area contributed by atoms with Crippen LogP contribution in [-0.2, 0) is 9.53 Å². The monoisotopic (exact) mass is 305 g/mol. The Labute approximate surface area is 130 Å². The summed E-state index contributed by atoms with van der Waals surface area (Å²) in [5, 5.41) is 8.77. The lowest BCUT2D eigenvalue weighted by molar-refractivity contribution is -0.124.